The first-order valence-corrected chi connectivity index (χ1v) is 5.25. The van der Waals surface area contributed by atoms with Crippen LogP contribution in [0.15, 0.2) is 12.4 Å². The van der Waals surface area contributed by atoms with E-state index in [-0.39, 0.29) is 6.61 Å². The van der Waals surface area contributed by atoms with E-state index in [2.05, 4.69) is 15.3 Å². The summed E-state index contributed by atoms with van der Waals surface area (Å²) >= 11 is 0. The molecule has 0 aliphatic carbocycles. The van der Waals surface area contributed by atoms with Gasteiger partial charge in [-0.15, -0.1) is 0 Å². The van der Waals surface area contributed by atoms with Crippen molar-refractivity contribution in [3.8, 4) is 0 Å². The summed E-state index contributed by atoms with van der Waals surface area (Å²) in [6.45, 7) is 1.16. The second-order valence-corrected chi connectivity index (χ2v) is 3.39. The Morgan fingerprint density at radius 1 is 1.20 bits per heavy atom. The lowest BCUT2D eigenvalue weighted by atomic mass is 10.2. The molecule has 0 saturated heterocycles. The van der Waals surface area contributed by atoms with E-state index in [1.807, 2.05) is 0 Å². The van der Waals surface area contributed by atoms with Crippen LogP contribution in [-0.2, 0) is 0 Å². The standard InChI is InChI=1S/C10H18N4O/c11-9-7-10(14-8-13-9)12-5-3-1-2-4-6-15/h7-8,15H,1-6H2,(H3,11,12,13,14). The maximum atomic E-state index is 8.58. The second kappa shape index (κ2) is 7.00. The highest BCUT2D eigenvalue weighted by atomic mass is 16.2. The van der Waals surface area contributed by atoms with Gasteiger partial charge in [-0.3, -0.25) is 0 Å². The Balaban J connectivity index is 2.10. The SMILES string of the molecule is Nc1cc(NCCCCCCO)ncn1. The van der Waals surface area contributed by atoms with E-state index in [4.69, 9.17) is 10.8 Å². The second-order valence-electron chi connectivity index (χ2n) is 3.39. The predicted octanol–water partition coefficient (Wildman–Crippen LogP) is 1.02. The molecule has 1 heterocycles. The third-order valence-corrected chi connectivity index (χ3v) is 2.08. The Hall–Kier alpha value is -1.36. The molecule has 15 heavy (non-hydrogen) atoms. The summed E-state index contributed by atoms with van der Waals surface area (Å²) in [4.78, 5) is 7.84. The highest BCUT2D eigenvalue weighted by molar-refractivity contribution is 5.42. The Morgan fingerprint density at radius 2 is 2.00 bits per heavy atom. The van der Waals surface area contributed by atoms with Crippen molar-refractivity contribution < 1.29 is 5.11 Å². The van der Waals surface area contributed by atoms with Crippen LogP contribution >= 0.6 is 0 Å². The number of nitrogens with two attached hydrogens (primary N) is 1. The molecular formula is C10H18N4O. The van der Waals surface area contributed by atoms with Crippen molar-refractivity contribution in [3.05, 3.63) is 12.4 Å². The first kappa shape index (κ1) is 11.7. The van der Waals surface area contributed by atoms with Crippen LogP contribution in [0, 0.1) is 0 Å². The number of anilines is 2. The van der Waals surface area contributed by atoms with Crippen molar-refractivity contribution >= 4 is 11.6 Å². The Bertz CT molecular complexity index is 280. The van der Waals surface area contributed by atoms with E-state index >= 15 is 0 Å². The maximum Gasteiger partial charge on any atom is 0.131 e. The van der Waals surface area contributed by atoms with Crippen molar-refractivity contribution in [2.45, 2.75) is 25.7 Å². The lowest BCUT2D eigenvalue weighted by molar-refractivity contribution is 0.283. The van der Waals surface area contributed by atoms with Gasteiger partial charge < -0.3 is 16.2 Å². The molecule has 0 saturated carbocycles. The van der Waals surface area contributed by atoms with Gasteiger partial charge in [-0.1, -0.05) is 12.8 Å². The zero-order valence-electron chi connectivity index (χ0n) is 8.82. The predicted molar refractivity (Wildman–Crippen MR) is 60.5 cm³/mol. The summed E-state index contributed by atoms with van der Waals surface area (Å²) in [5.41, 5.74) is 5.51. The minimum atomic E-state index is 0.288. The van der Waals surface area contributed by atoms with Crippen molar-refractivity contribution in [2.24, 2.45) is 0 Å². The Morgan fingerprint density at radius 3 is 2.73 bits per heavy atom. The third-order valence-electron chi connectivity index (χ3n) is 2.08. The number of hydrogen-bond donors (Lipinski definition) is 3. The van der Waals surface area contributed by atoms with Gasteiger partial charge in [0.25, 0.3) is 0 Å². The molecule has 1 aromatic heterocycles. The molecule has 1 rings (SSSR count). The number of aliphatic hydroxyl groups is 1. The van der Waals surface area contributed by atoms with E-state index in [0.717, 1.165) is 38.0 Å². The molecule has 5 heteroatoms. The largest absolute Gasteiger partial charge is 0.396 e. The van der Waals surface area contributed by atoms with Crippen molar-refractivity contribution in [2.75, 3.05) is 24.2 Å². The van der Waals surface area contributed by atoms with Gasteiger partial charge in [0.05, 0.1) is 0 Å². The number of nitrogens with one attached hydrogen (secondary N) is 1. The van der Waals surface area contributed by atoms with Crippen molar-refractivity contribution in [1.29, 1.82) is 0 Å². The number of hydrogen-bond acceptors (Lipinski definition) is 5. The van der Waals surface area contributed by atoms with E-state index in [0.29, 0.717) is 5.82 Å². The van der Waals surface area contributed by atoms with Gasteiger partial charge in [0, 0.05) is 19.2 Å². The molecule has 1 aromatic rings. The van der Waals surface area contributed by atoms with Crippen LogP contribution in [-0.4, -0.2) is 28.2 Å². The van der Waals surface area contributed by atoms with Gasteiger partial charge in [-0.2, -0.15) is 0 Å². The topological polar surface area (TPSA) is 84.1 Å². The zero-order valence-corrected chi connectivity index (χ0v) is 8.82. The Labute approximate surface area is 89.7 Å². The molecule has 0 bridgehead atoms. The summed E-state index contributed by atoms with van der Waals surface area (Å²) < 4.78 is 0. The molecule has 0 aliphatic heterocycles. The van der Waals surface area contributed by atoms with Crippen molar-refractivity contribution in [3.63, 3.8) is 0 Å². The van der Waals surface area contributed by atoms with Crippen LogP contribution in [0.2, 0.25) is 0 Å². The van der Waals surface area contributed by atoms with Crippen LogP contribution in [0.1, 0.15) is 25.7 Å². The highest BCUT2D eigenvalue weighted by Crippen LogP contribution is 2.05. The smallest absolute Gasteiger partial charge is 0.131 e. The van der Waals surface area contributed by atoms with Gasteiger partial charge in [-0.25, -0.2) is 9.97 Å². The fraction of sp³-hybridized carbons (Fsp3) is 0.600. The number of nitrogens with zero attached hydrogens (tertiary/aromatic N) is 2. The van der Waals surface area contributed by atoms with Crippen LogP contribution in [0.4, 0.5) is 11.6 Å². The average Bonchev–Trinajstić information content (AvgIpc) is 2.23. The summed E-state index contributed by atoms with van der Waals surface area (Å²) in [7, 11) is 0. The quantitative estimate of drug-likeness (QED) is 0.585. The number of nitrogen functional groups attached to an aromatic ring is 1. The first-order chi connectivity index (χ1) is 7.33. The van der Waals surface area contributed by atoms with Gasteiger partial charge in [0.15, 0.2) is 0 Å². The summed E-state index contributed by atoms with van der Waals surface area (Å²) in [6.07, 6.45) is 5.60. The minimum absolute atomic E-state index is 0.288. The molecule has 0 aromatic carbocycles. The molecule has 0 aliphatic rings. The molecular weight excluding hydrogens is 192 g/mol. The van der Waals surface area contributed by atoms with Crippen molar-refractivity contribution in [1.82, 2.24) is 9.97 Å². The monoisotopic (exact) mass is 210 g/mol. The lowest BCUT2D eigenvalue weighted by Crippen LogP contribution is -2.04. The Kier molecular flexibility index (Phi) is 5.47. The van der Waals surface area contributed by atoms with Gasteiger partial charge in [0.1, 0.15) is 18.0 Å². The van der Waals surface area contributed by atoms with E-state index in [9.17, 15) is 0 Å². The number of unbranched alkanes of at least 4 members (excludes halogenated alkanes) is 3. The molecule has 0 fully saturated rings. The lowest BCUT2D eigenvalue weighted by Gasteiger charge is -2.04. The fourth-order valence-electron chi connectivity index (χ4n) is 1.28. The minimum Gasteiger partial charge on any atom is -0.396 e. The molecule has 0 atom stereocenters. The summed E-state index contributed by atoms with van der Waals surface area (Å²) in [6, 6.07) is 1.72. The number of rotatable bonds is 7. The first-order valence-electron chi connectivity index (χ1n) is 5.25. The van der Waals surface area contributed by atoms with Crippen LogP contribution in [0.25, 0.3) is 0 Å². The van der Waals surface area contributed by atoms with E-state index < -0.39 is 0 Å². The molecule has 0 spiro atoms. The summed E-state index contributed by atoms with van der Waals surface area (Å²) in [5.74, 6) is 1.25. The van der Waals surface area contributed by atoms with Crippen LogP contribution in [0.3, 0.4) is 0 Å². The molecule has 84 valence electrons. The normalized spacial score (nSPS) is 10.2. The fourth-order valence-corrected chi connectivity index (χ4v) is 1.28. The molecule has 5 nitrogen and oxygen atoms in total. The molecule has 4 N–H and O–H groups in total. The van der Waals surface area contributed by atoms with Crippen LogP contribution < -0.4 is 11.1 Å². The third kappa shape index (κ3) is 5.17. The van der Waals surface area contributed by atoms with Gasteiger partial charge in [-0.05, 0) is 12.8 Å². The molecule has 0 amide bonds. The van der Waals surface area contributed by atoms with Crippen LogP contribution in [0.5, 0.6) is 0 Å². The average molecular weight is 210 g/mol. The van der Waals surface area contributed by atoms with E-state index in [1.165, 1.54) is 6.33 Å². The van der Waals surface area contributed by atoms with E-state index in [1.54, 1.807) is 6.07 Å². The van der Waals surface area contributed by atoms with Gasteiger partial charge in [0.2, 0.25) is 0 Å². The number of aromatic nitrogens is 2. The highest BCUT2D eigenvalue weighted by Gasteiger charge is 1.94. The zero-order chi connectivity index (χ0) is 10.9. The number of aliphatic hydroxyl groups excluding tert-OH is 1. The molecule has 0 unspecified atom stereocenters. The maximum absolute atomic E-state index is 8.58. The molecule has 0 radical (unpaired) electrons. The van der Waals surface area contributed by atoms with Gasteiger partial charge >= 0.3 is 0 Å². The summed E-state index contributed by atoms with van der Waals surface area (Å²) in [5, 5.41) is 11.8.